The van der Waals surface area contributed by atoms with Gasteiger partial charge in [0.25, 0.3) is 0 Å². The molecule has 0 heterocycles. The standard InChI is InChI=1S/C24H28N2O5/c1-14(2)12-21(23(28)29)26-22(27)15(3)25-24(30)31-13-20-18-10-6-4-8-16(18)17-9-5-7-11-19(17)20/h4-11,14-15,20-21H,12-13H2,1-3H3,(H,25,30)(H,26,27)(H,28,29). The summed E-state index contributed by atoms with van der Waals surface area (Å²) >= 11 is 0. The van der Waals surface area contributed by atoms with Crippen LogP contribution < -0.4 is 10.6 Å². The van der Waals surface area contributed by atoms with Gasteiger partial charge in [0, 0.05) is 5.92 Å². The molecule has 2 atom stereocenters. The molecule has 0 aliphatic heterocycles. The number of ether oxygens (including phenoxy) is 1. The number of fused-ring (bicyclic) bond motifs is 3. The Kier molecular flexibility index (Phi) is 6.95. The van der Waals surface area contributed by atoms with Crippen molar-refractivity contribution in [2.45, 2.75) is 45.2 Å². The first-order valence-corrected chi connectivity index (χ1v) is 10.4. The predicted octanol–water partition coefficient (Wildman–Crippen LogP) is 3.53. The number of rotatable bonds is 8. The molecule has 0 radical (unpaired) electrons. The van der Waals surface area contributed by atoms with E-state index < -0.39 is 30.1 Å². The van der Waals surface area contributed by atoms with E-state index in [2.05, 4.69) is 22.8 Å². The molecule has 164 valence electrons. The molecule has 2 amide bonds. The number of carbonyl (C=O) groups excluding carboxylic acids is 2. The first-order valence-electron chi connectivity index (χ1n) is 10.4. The number of carboxylic acid groups (broad SMARTS) is 1. The van der Waals surface area contributed by atoms with Gasteiger partial charge in [-0.1, -0.05) is 62.4 Å². The first kappa shape index (κ1) is 22.3. The molecule has 0 bridgehead atoms. The Morgan fingerprint density at radius 2 is 1.48 bits per heavy atom. The van der Waals surface area contributed by atoms with Crippen molar-refractivity contribution in [3.05, 3.63) is 59.7 Å². The second kappa shape index (κ2) is 9.64. The van der Waals surface area contributed by atoms with E-state index in [4.69, 9.17) is 4.74 Å². The van der Waals surface area contributed by atoms with Gasteiger partial charge in [-0.05, 0) is 41.5 Å². The van der Waals surface area contributed by atoms with Crippen molar-refractivity contribution in [3.8, 4) is 11.1 Å². The fraction of sp³-hybridized carbons (Fsp3) is 0.375. The van der Waals surface area contributed by atoms with Crippen molar-refractivity contribution in [3.63, 3.8) is 0 Å². The van der Waals surface area contributed by atoms with Crippen molar-refractivity contribution in [1.29, 1.82) is 0 Å². The highest BCUT2D eigenvalue weighted by atomic mass is 16.5. The Labute approximate surface area is 181 Å². The summed E-state index contributed by atoms with van der Waals surface area (Å²) in [5.74, 6) is -1.64. The van der Waals surface area contributed by atoms with Gasteiger partial charge < -0.3 is 20.5 Å². The van der Waals surface area contributed by atoms with E-state index in [-0.39, 0.29) is 18.4 Å². The monoisotopic (exact) mass is 424 g/mol. The molecule has 2 aromatic rings. The average molecular weight is 424 g/mol. The topological polar surface area (TPSA) is 105 Å². The minimum atomic E-state index is -1.10. The normalized spacial score (nSPS) is 14.3. The van der Waals surface area contributed by atoms with Crippen LogP contribution in [-0.4, -0.2) is 41.8 Å². The highest BCUT2D eigenvalue weighted by Crippen LogP contribution is 2.44. The summed E-state index contributed by atoms with van der Waals surface area (Å²) in [5, 5.41) is 14.2. The van der Waals surface area contributed by atoms with E-state index in [1.165, 1.54) is 6.92 Å². The van der Waals surface area contributed by atoms with Gasteiger partial charge in [0.2, 0.25) is 5.91 Å². The van der Waals surface area contributed by atoms with Crippen LogP contribution in [0.15, 0.2) is 48.5 Å². The van der Waals surface area contributed by atoms with Crippen LogP contribution in [-0.2, 0) is 14.3 Å². The minimum absolute atomic E-state index is 0.0790. The molecule has 0 aromatic heterocycles. The SMILES string of the molecule is CC(C)CC(NC(=O)C(C)NC(=O)OCC1c2ccccc2-c2ccccc21)C(=O)O. The Balaban J connectivity index is 1.58. The molecule has 3 N–H and O–H groups in total. The molecule has 2 unspecified atom stereocenters. The number of nitrogens with one attached hydrogen (secondary N) is 2. The van der Waals surface area contributed by atoms with Crippen molar-refractivity contribution >= 4 is 18.0 Å². The number of amides is 2. The fourth-order valence-corrected chi connectivity index (χ4v) is 3.87. The van der Waals surface area contributed by atoms with E-state index in [9.17, 15) is 19.5 Å². The zero-order valence-corrected chi connectivity index (χ0v) is 17.9. The van der Waals surface area contributed by atoms with Crippen LogP contribution in [0, 0.1) is 5.92 Å². The number of carboxylic acids is 1. The van der Waals surface area contributed by atoms with E-state index in [1.54, 1.807) is 0 Å². The van der Waals surface area contributed by atoms with Crippen molar-refractivity contribution in [2.24, 2.45) is 5.92 Å². The lowest BCUT2D eigenvalue weighted by molar-refractivity contribution is -0.142. The zero-order valence-electron chi connectivity index (χ0n) is 17.9. The smallest absolute Gasteiger partial charge is 0.407 e. The van der Waals surface area contributed by atoms with Gasteiger partial charge in [0.1, 0.15) is 18.7 Å². The fourth-order valence-electron chi connectivity index (χ4n) is 3.87. The number of benzene rings is 2. The summed E-state index contributed by atoms with van der Waals surface area (Å²) < 4.78 is 5.43. The summed E-state index contributed by atoms with van der Waals surface area (Å²) in [4.78, 5) is 36.0. The Hall–Kier alpha value is -3.35. The van der Waals surface area contributed by atoms with Crippen LogP contribution in [0.5, 0.6) is 0 Å². The Morgan fingerprint density at radius 3 is 2.00 bits per heavy atom. The molecule has 31 heavy (non-hydrogen) atoms. The van der Waals surface area contributed by atoms with Gasteiger partial charge in [-0.25, -0.2) is 9.59 Å². The maximum Gasteiger partial charge on any atom is 0.407 e. The molecule has 0 spiro atoms. The van der Waals surface area contributed by atoms with Crippen molar-refractivity contribution < 1.29 is 24.2 Å². The largest absolute Gasteiger partial charge is 0.480 e. The zero-order chi connectivity index (χ0) is 22.5. The quantitative estimate of drug-likeness (QED) is 0.601. The molecule has 7 heteroatoms. The number of alkyl carbamates (subject to hydrolysis) is 1. The van der Waals surface area contributed by atoms with Crippen LogP contribution in [0.1, 0.15) is 44.2 Å². The van der Waals surface area contributed by atoms with Crippen molar-refractivity contribution in [1.82, 2.24) is 10.6 Å². The van der Waals surface area contributed by atoms with Crippen LogP contribution in [0.4, 0.5) is 4.79 Å². The second-order valence-electron chi connectivity index (χ2n) is 8.22. The highest BCUT2D eigenvalue weighted by Gasteiger charge is 2.30. The van der Waals surface area contributed by atoms with E-state index in [0.717, 1.165) is 22.3 Å². The number of hydrogen-bond donors (Lipinski definition) is 3. The van der Waals surface area contributed by atoms with E-state index >= 15 is 0 Å². The third kappa shape index (κ3) is 5.23. The maximum absolute atomic E-state index is 12.3. The molecule has 1 aliphatic carbocycles. The lowest BCUT2D eigenvalue weighted by Crippen LogP contribution is -2.50. The average Bonchev–Trinajstić information content (AvgIpc) is 3.05. The number of aliphatic carboxylic acids is 1. The second-order valence-corrected chi connectivity index (χ2v) is 8.22. The Morgan fingerprint density at radius 1 is 0.935 bits per heavy atom. The molecule has 0 fully saturated rings. The van der Waals surface area contributed by atoms with Gasteiger partial charge in [0.05, 0.1) is 0 Å². The van der Waals surface area contributed by atoms with Crippen LogP contribution in [0.3, 0.4) is 0 Å². The molecule has 2 aromatic carbocycles. The summed E-state index contributed by atoms with van der Waals surface area (Å²) in [7, 11) is 0. The van der Waals surface area contributed by atoms with Gasteiger partial charge in [0.15, 0.2) is 0 Å². The van der Waals surface area contributed by atoms with E-state index in [0.29, 0.717) is 6.42 Å². The Bertz CT molecular complexity index is 926. The molecule has 3 rings (SSSR count). The minimum Gasteiger partial charge on any atom is -0.480 e. The molecule has 1 aliphatic rings. The van der Waals surface area contributed by atoms with E-state index in [1.807, 2.05) is 50.2 Å². The maximum atomic E-state index is 12.3. The van der Waals surface area contributed by atoms with Gasteiger partial charge in [-0.3, -0.25) is 4.79 Å². The molecule has 7 nitrogen and oxygen atoms in total. The molecular formula is C24H28N2O5. The predicted molar refractivity (Wildman–Crippen MR) is 117 cm³/mol. The molecule has 0 saturated carbocycles. The van der Waals surface area contributed by atoms with Gasteiger partial charge >= 0.3 is 12.1 Å². The van der Waals surface area contributed by atoms with Crippen molar-refractivity contribution in [2.75, 3.05) is 6.61 Å². The van der Waals surface area contributed by atoms with Gasteiger partial charge in [-0.15, -0.1) is 0 Å². The molecule has 0 saturated heterocycles. The van der Waals surface area contributed by atoms with Crippen LogP contribution in [0.25, 0.3) is 11.1 Å². The summed E-state index contributed by atoms with van der Waals surface area (Å²) in [6, 6.07) is 14.1. The molecular weight excluding hydrogens is 396 g/mol. The third-order valence-electron chi connectivity index (χ3n) is 5.39. The van der Waals surface area contributed by atoms with Gasteiger partial charge in [-0.2, -0.15) is 0 Å². The summed E-state index contributed by atoms with van der Waals surface area (Å²) in [6.45, 7) is 5.38. The third-order valence-corrected chi connectivity index (χ3v) is 5.39. The summed E-state index contributed by atoms with van der Waals surface area (Å²) in [6.07, 6.45) is -0.418. The first-order chi connectivity index (χ1) is 14.8. The number of hydrogen-bond acceptors (Lipinski definition) is 4. The lowest BCUT2D eigenvalue weighted by Gasteiger charge is -2.20. The highest BCUT2D eigenvalue weighted by molar-refractivity contribution is 5.89. The lowest BCUT2D eigenvalue weighted by atomic mass is 9.98. The van der Waals surface area contributed by atoms with Crippen LogP contribution in [0.2, 0.25) is 0 Å². The van der Waals surface area contributed by atoms with Crippen LogP contribution >= 0.6 is 0 Å². The summed E-state index contributed by atoms with van der Waals surface area (Å²) in [5.41, 5.74) is 4.45. The number of carbonyl (C=O) groups is 3.